The molecule has 1 aliphatic heterocycles. The van der Waals surface area contributed by atoms with Gasteiger partial charge in [0.2, 0.25) is 5.88 Å². The SMILES string of the molecule is CCOC(=O)C1=C(C)OC(N)=C(C#N)C1c1ccc(Br)cc1. The van der Waals surface area contributed by atoms with Gasteiger partial charge in [0.05, 0.1) is 18.1 Å². The smallest absolute Gasteiger partial charge is 0.338 e. The van der Waals surface area contributed by atoms with E-state index in [1.165, 1.54) is 0 Å². The standard InChI is InChI=1S/C16H15BrN2O3/c1-3-21-16(20)13-9(2)22-15(19)12(8-18)14(13)10-4-6-11(17)7-5-10/h4-7,14H,3,19H2,1-2H3. The van der Waals surface area contributed by atoms with Gasteiger partial charge in [0.15, 0.2) is 0 Å². The first kappa shape index (κ1) is 16.1. The Morgan fingerprint density at radius 1 is 1.45 bits per heavy atom. The lowest BCUT2D eigenvalue weighted by molar-refractivity contribution is -0.139. The van der Waals surface area contributed by atoms with E-state index < -0.39 is 11.9 Å². The van der Waals surface area contributed by atoms with Crippen LogP contribution in [0.25, 0.3) is 0 Å². The van der Waals surface area contributed by atoms with Crippen LogP contribution in [0.4, 0.5) is 0 Å². The van der Waals surface area contributed by atoms with Gasteiger partial charge in [0.1, 0.15) is 17.4 Å². The molecule has 0 saturated heterocycles. The van der Waals surface area contributed by atoms with Crippen LogP contribution in [-0.4, -0.2) is 12.6 Å². The Kier molecular flexibility index (Phi) is 4.88. The largest absolute Gasteiger partial charge is 0.463 e. The second kappa shape index (κ2) is 6.67. The normalized spacial score (nSPS) is 17.8. The predicted octanol–water partition coefficient (Wildman–Crippen LogP) is 3.09. The quantitative estimate of drug-likeness (QED) is 0.835. The highest BCUT2D eigenvalue weighted by molar-refractivity contribution is 9.10. The van der Waals surface area contributed by atoms with E-state index in [2.05, 4.69) is 15.9 Å². The van der Waals surface area contributed by atoms with Crippen LogP contribution in [0.5, 0.6) is 0 Å². The number of benzene rings is 1. The summed E-state index contributed by atoms with van der Waals surface area (Å²) < 4.78 is 11.3. The molecule has 1 aliphatic rings. The lowest BCUT2D eigenvalue weighted by Gasteiger charge is -2.26. The van der Waals surface area contributed by atoms with Gasteiger partial charge in [0.25, 0.3) is 0 Å². The zero-order valence-corrected chi connectivity index (χ0v) is 13.8. The van der Waals surface area contributed by atoms with Crippen LogP contribution >= 0.6 is 15.9 Å². The van der Waals surface area contributed by atoms with E-state index in [0.29, 0.717) is 11.3 Å². The number of carbonyl (C=O) groups is 1. The van der Waals surface area contributed by atoms with Crippen LogP contribution in [0, 0.1) is 11.3 Å². The molecule has 0 spiro atoms. The third kappa shape index (κ3) is 3.00. The molecular formula is C16H15BrN2O3. The summed E-state index contributed by atoms with van der Waals surface area (Å²) in [6.07, 6.45) is 0. The van der Waals surface area contributed by atoms with Crippen molar-refractivity contribution in [2.24, 2.45) is 5.73 Å². The van der Waals surface area contributed by atoms with E-state index in [4.69, 9.17) is 15.2 Å². The fraction of sp³-hybridized carbons (Fsp3) is 0.250. The average molecular weight is 363 g/mol. The fourth-order valence-electron chi connectivity index (χ4n) is 2.34. The van der Waals surface area contributed by atoms with Crippen molar-refractivity contribution in [2.75, 3.05) is 6.61 Å². The van der Waals surface area contributed by atoms with Crippen LogP contribution in [0.15, 0.2) is 51.5 Å². The monoisotopic (exact) mass is 362 g/mol. The number of nitriles is 1. The van der Waals surface area contributed by atoms with Gasteiger partial charge in [-0.1, -0.05) is 28.1 Å². The van der Waals surface area contributed by atoms with Crippen molar-refractivity contribution in [3.63, 3.8) is 0 Å². The number of rotatable bonds is 3. The van der Waals surface area contributed by atoms with E-state index in [0.717, 1.165) is 10.0 Å². The maximum Gasteiger partial charge on any atom is 0.338 e. The van der Waals surface area contributed by atoms with Gasteiger partial charge >= 0.3 is 5.97 Å². The Morgan fingerprint density at radius 3 is 2.64 bits per heavy atom. The highest BCUT2D eigenvalue weighted by Crippen LogP contribution is 2.39. The molecule has 1 unspecified atom stereocenters. The third-order valence-corrected chi connectivity index (χ3v) is 3.83. The van der Waals surface area contributed by atoms with Crippen molar-refractivity contribution in [3.8, 4) is 6.07 Å². The summed E-state index contributed by atoms with van der Waals surface area (Å²) in [5, 5.41) is 9.41. The molecule has 1 heterocycles. The van der Waals surface area contributed by atoms with Crippen molar-refractivity contribution in [1.29, 1.82) is 5.26 Å². The second-order valence-electron chi connectivity index (χ2n) is 4.67. The molecule has 6 heteroatoms. The number of allylic oxidation sites excluding steroid dienone is 2. The summed E-state index contributed by atoms with van der Waals surface area (Å²) in [4.78, 5) is 12.3. The zero-order valence-electron chi connectivity index (χ0n) is 12.2. The molecule has 0 amide bonds. The summed E-state index contributed by atoms with van der Waals surface area (Å²) in [5.74, 6) is -0.733. The number of nitrogens with zero attached hydrogens (tertiary/aromatic N) is 1. The highest BCUT2D eigenvalue weighted by Gasteiger charge is 2.36. The number of hydrogen-bond acceptors (Lipinski definition) is 5. The topological polar surface area (TPSA) is 85.3 Å². The molecule has 1 atom stereocenters. The number of hydrogen-bond donors (Lipinski definition) is 1. The fourth-order valence-corrected chi connectivity index (χ4v) is 2.61. The first-order valence-corrected chi connectivity index (χ1v) is 7.49. The minimum Gasteiger partial charge on any atom is -0.463 e. The maximum atomic E-state index is 12.3. The molecule has 1 aromatic rings. The molecule has 0 saturated carbocycles. The number of nitrogens with two attached hydrogens (primary N) is 1. The average Bonchev–Trinajstić information content (AvgIpc) is 2.47. The van der Waals surface area contributed by atoms with Crippen LogP contribution in [0.3, 0.4) is 0 Å². The van der Waals surface area contributed by atoms with Gasteiger partial charge < -0.3 is 15.2 Å². The van der Waals surface area contributed by atoms with E-state index in [9.17, 15) is 10.1 Å². The molecule has 0 aromatic heterocycles. The Bertz CT molecular complexity index is 699. The van der Waals surface area contributed by atoms with E-state index in [1.54, 1.807) is 13.8 Å². The number of halogens is 1. The van der Waals surface area contributed by atoms with Crippen LogP contribution in [-0.2, 0) is 14.3 Å². The molecular weight excluding hydrogens is 348 g/mol. The van der Waals surface area contributed by atoms with Crippen molar-refractivity contribution in [1.82, 2.24) is 0 Å². The summed E-state index contributed by atoms with van der Waals surface area (Å²) in [6, 6.07) is 9.38. The molecule has 2 rings (SSSR count). The number of carbonyl (C=O) groups excluding carboxylic acids is 1. The van der Waals surface area contributed by atoms with E-state index in [-0.39, 0.29) is 18.1 Å². The highest BCUT2D eigenvalue weighted by atomic mass is 79.9. The van der Waals surface area contributed by atoms with Crippen LogP contribution in [0.1, 0.15) is 25.3 Å². The lowest BCUT2D eigenvalue weighted by atomic mass is 9.83. The second-order valence-corrected chi connectivity index (χ2v) is 5.58. The Labute approximate surface area is 137 Å². The predicted molar refractivity (Wildman–Crippen MR) is 84.1 cm³/mol. The molecule has 22 heavy (non-hydrogen) atoms. The number of esters is 1. The Hall–Kier alpha value is -2.26. The van der Waals surface area contributed by atoms with Gasteiger partial charge in [-0.25, -0.2) is 4.79 Å². The maximum absolute atomic E-state index is 12.3. The summed E-state index contributed by atoms with van der Waals surface area (Å²) in [6.45, 7) is 3.60. The Balaban J connectivity index is 2.59. The molecule has 0 aliphatic carbocycles. The molecule has 0 radical (unpaired) electrons. The molecule has 0 bridgehead atoms. The van der Waals surface area contributed by atoms with Crippen LogP contribution in [0.2, 0.25) is 0 Å². The van der Waals surface area contributed by atoms with Gasteiger partial charge in [-0.2, -0.15) is 5.26 Å². The Morgan fingerprint density at radius 2 is 2.09 bits per heavy atom. The number of ether oxygens (including phenoxy) is 2. The van der Waals surface area contributed by atoms with Crippen molar-refractivity contribution in [2.45, 2.75) is 19.8 Å². The molecule has 1 aromatic carbocycles. The summed E-state index contributed by atoms with van der Waals surface area (Å²) in [5.41, 5.74) is 7.09. The lowest BCUT2D eigenvalue weighted by Crippen LogP contribution is -2.25. The molecule has 2 N–H and O–H groups in total. The van der Waals surface area contributed by atoms with Gasteiger partial charge in [-0.05, 0) is 31.5 Å². The zero-order chi connectivity index (χ0) is 16.3. The molecule has 0 fully saturated rings. The van der Waals surface area contributed by atoms with Crippen molar-refractivity contribution >= 4 is 21.9 Å². The van der Waals surface area contributed by atoms with E-state index >= 15 is 0 Å². The molecule has 5 nitrogen and oxygen atoms in total. The first-order valence-electron chi connectivity index (χ1n) is 6.70. The van der Waals surface area contributed by atoms with E-state index in [1.807, 2.05) is 30.3 Å². The minimum atomic E-state index is -0.592. The van der Waals surface area contributed by atoms with Gasteiger partial charge in [0, 0.05) is 4.47 Å². The van der Waals surface area contributed by atoms with Crippen molar-refractivity contribution in [3.05, 3.63) is 57.1 Å². The van der Waals surface area contributed by atoms with Gasteiger partial charge in [-0.3, -0.25) is 0 Å². The van der Waals surface area contributed by atoms with Crippen LogP contribution < -0.4 is 5.73 Å². The van der Waals surface area contributed by atoms with Crippen molar-refractivity contribution < 1.29 is 14.3 Å². The first-order chi connectivity index (χ1) is 10.5. The summed E-state index contributed by atoms with van der Waals surface area (Å²) >= 11 is 3.36. The summed E-state index contributed by atoms with van der Waals surface area (Å²) in [7, 11) is 0. The minimum absolute atomic E-state index is 0.0148. The third-order valence-electron chi connectivity index (χ3n) is 3.30. The molecule has 114 valence electrons. The van der Waals surface area contributed by atoms with Gasteiger partial charge in [-0.15, -0.1) is 0 Å².